The van der Waals surface area contributed by atoms with Gasteiger partial charge in [-0.25, -0.2) is 0 Å². The van der Waals surface area contributed by atoms with Crippen LogP contribution in [0, 0.1) is 0 Å². The van der Waals surface area contributed by atoms with E-state index in [0.717, 1.165) is 27.8 Å². The maximum Gasteiger partial charge on any atom is 0.319 e. The van der Waals surface area contributed by atoms with E-state index in [1.165, 1.54) is 0 Å². The first-order valence-corrected chi connectivity index (χ1v) is 8.24. The molecule has 1 heterocycles. The lowest BCUT2D eigenvalue weighted by atomic mass is 10.1. The summed E-state index contributed by atoms with van der Waals surface area (Å²) in [4.78, 5) is 11.0. The summed E-state index contributed by atoms with van der Waals surface area (Å²) < 4.78 is 18.6. The Bertz CT molecular complexity index is 530. The molecule has 1 aliphatic heterocycles. The molecule has 104 valence electrons. The fourth-order valence-electron chi connectivity index (χ4n) is 2.18. The molecule has 6 heteroatoms. The molecule has 0 aromatic heterocycles. The van der Waals surface area contributed by atoms with Gasteiger partial charge in [0.2, 0.25) is 0 Å². The summed E-state index contributed by atoms with van der Waals surface area (Å²) in [6, 6.07) is 3.85. The van der Waals surface area contributed by atoms with Gasteiger partial charge in [-0.1, -0.05) is 22.9 Å². The highest BCUT2D eigenvalue weighted by atomic mass is 79.9. The van der Waals surface area contributed by atoms with Crippen LogP contribution in [0.5, 0.6) is 5.75 Å². The van der Waals surface area contributed by atoms with Crippen LogP contribution >= 0.6 is 15.9 Å². The molecule has 0 aliphatic carbocycles. The highest BCUT2D eigenvalue weighted by molar-refractivity contribution is 9.10. The third-order valence-electron chi connectivity index (χ3n) is 3.09. The van der Waals surface area contributed by atoms with Crippen LogP contribution in [0.15, 0.2) is 16.6 Å². The van der Waals surface area contributed by atoms with E-state index in [4.69, 9.17) is 9.84 Å². The second-order valence-corrected chi connectivity index (χ2v) is 6.95. The average molecular weight is 347 g/mol. The average Bonchev–Trinajstić information content (AvgIpc) is 2.77. The monoisotopic (exact) mass is 346 g/mol. The van der Waals surface area contributed by atoms with Crippen molar-refractivity contribution in [2.24, 2.45) is 0 Å². The molecular formula is C13H15BrO4S. The minimum atomic E-state index is -1.44. The number of benzene rings is 1. The van der Waals surface area contributed by atoms with Crippen molar-refractivity contribution in [2.45, 2.75) is 30.8 Å². The lowest BCUT2D eigenvalue weighted by Gasteiger charge is -2.12. The number of carbonyl (C=O) groups is 1. The molecule has 0 bridgehead atoms. The van der Waals surface area contributed by atoms with Crippen molar-refractivity contribution in [1.82, 2.24) is 0 Å². The molecule has 4 nitrogen and oxygen atoms in total. The summed E-state index contributed by atoms with van der Waals surface area (Å²) >= 11 is 3.42. The minimum Gasteiger partial charge on any atom is -0.493 e. The number of hydrogen-bond acceptors (Lipinski definition) is 3. The fraction of sp³-hybridized carbons (Fsp3) is 0.462. The summed E-state index contributed by atoms with van der Waals surface area (Å²) in [6.07, 6.45) is 1.20. The van der Waals surface area contributed by atoms with E-state index in [2.05, 4.69) is 15.9 Å². The lowest BCUT2D eigenvalue weighted by molar-refractivity contribution is -0.136. The number of carboxylic acid groups (broad SMARTS) is 1. The fourth-order valence-corrected chi connectivity index (χ4v) is 4.05. The minimum absolute atomic E-state index is 0.215. The summed E-state index contributed by atoms with van der Waals surface area (Å²) in [5, 5.41) is 8.21. The van der Waals surface area contributed by atoms with Gasteiger partial charge in [0, 0.05) is 27.3 Å². The quantitative estimate of drug-likeness (QED) is 0.889. The number of aliphatic carboxylic acids is 1. The van der Waals surface area contributed by atoms with Gasteiger partial charge in [0.1, 0.15) is 11.0 Å². The molecule has 0 radical (unpaired) electrons. The van der Waals surface area contributed by atoms with E-state index in [1.807, 2.05) is 12.1 Å². The van der Waals surface area contributed by atoms with Crippen molar-refractivity contribution in [3.63, 3.8) is 0 Å². The van der Waals surface area contributed by atoms with Crippen molar-refractivity contribution < 1.29 is 18.8 Å². The number of fused-ring (bicyclic) bond motifs is 1. The largest absolute Gasteiger partial charge is 0.493 e. The summed E-state index contributed by atoms with van der Waals surface area (Å²) in [7, 11) is -1.44. The van der Waals surface area contributed by atoms with Gasteiger partial charge >= 0.3 is 5.97 Å². The highest BCUT2D eigenvalue weighted by Crippen LogP contribution is 2.34. The zero-order chi connectivity index (χ0) is 14.0. The Kier molecular flexibility index (Phi) is 4.62. The predicted octanol–water partition coefficient (Wildman–Crippen LogP) is 2.50. The Morgan fingerprint density at radius 1 is 1.58 bits per heavy atom. The molecule has 0 amide bonds. The molecule has 0 saturated carbocycles. The van der Waals surface area contributed by atoms with Crippen LogP contribution in [0.3, 0.4) is 0 Å². The van der Waals surface area contributed by atoms with E-state index < -0.39 is 22.0 Å². The third-order valence-corrected chi connectivity index (χ3v) is 5.31. The molecule has 2 atom stereocenters. The highest BCUT2D eigenvalue weighted by Gasteiger charge is 2.25. The first-order chi connectivity index (χ1) is 9.02. The van der Waals surface area contributed by atoms with Crippen molar-refractivity contribution in [3.05, 3.63) is 27.7 Å². The molecule has 1 aromatic carbocycles. The normalized spacial score (nSPS) is 16.5. The van der Waals surface area contributed by atoms with Crippen LogP contribution in [-0.2, 0) is 27.8 Å². The number of carboxylic acids is 1. The summed E-state index contributed by atoms with van der Waals surface area (Å²) in [5.74, 6) is -0.0164. The maximum absolute atomic E-state index is 12.2. The summed E-state index contributed by atoms with van der Waals surface area (Å²) in [6.45, 7) is 2.36. The predicted molar refractivity (Wildman–Crippen MR) is 76.9 cm³/mol. The topological polar surface area (TPSA) is 63.6 Å². The van der Waals surface area contributed by atoms with Gasteiger partial charge in [0.25, 0.3) is 0 Å². The zero-order valence-corrected chi connectivity index (χ0v) is 12.9. The van der Waals surface area contributed by atoms with Gasteiger partial charge in [0.15, 0.2) is 0 Å². The molecule has 1 aliphatic rings. The van der Waals surface area contributed by atoms with E-state index in [-0.39, 0.29) is 5.75 Å². The Morgan fingerprint density at radius 2 is 2.32 bits per heavy atom. The van der Waals surface area contributed by atoms with Crippen molar-refractivity contribution in [1.29, 1.82) is 0 Å². The van der Waals surface area contributed by atoms with Crippen molar-refractivity contribution in [2.75, 3.05) is 6.61 Å². The molecule has 2 rings (SSSR count). The molecule has 0 spiro atoms. The van der Waals surface area contributed by atoms with Crippen molar-refractivity contribution >= 4 is 32.7 Å². The Balaban J connectivity index is 2.24. The molecule has 19 heavy (non-hydrogen) atoms. The molecule has 2 unspecified atom stereocenters. The third kappa shape index (κ3) is 3.17. The second-order valence-electron chi connectivity index (χ2n) is 4.41. The van der Waals surface area contributed by atoms with Crippen LogP contribution in [0.25, 0.3) is 0 Å². The standard InChI is InChI=1S/C13H15BrO4S/c1-2-11(13(15)16)19(17)7-9-6-10(14)5-8-3-4-18-12(8)9/h5-6,11H,2-4,7H2,1H3,(H,15,16). The van der Waals surface area contributed by atoms with Gasteiger partial charge in [-0.3, -0.25) is 9.00 Å². The zero-order valence-electron chi connectivity index (χ0n) is 10.5. The van der Waals surface area contributed by atoms with Crippen LogP contribution in [0.4, 0.5) is 0 Å². The van der Waals surface area contributed by atoms with Gasteiger partial charge in [-0.15, -0.1) is 0 Å². The molecule has 1 aromatic rings. The number of halogens is 1. The smallest absolute Gasteiger partial charge is 0.319 e. The number of rotatable bonds is 5. The number of hydrogen-bond donors (Lipinski definition) is 1. The Labute approximate surface area is 122 Å². The molecule has 0 fully saturated rings. The van der Waals surface area contributed by atoms with Crippen LogP contribution in [0.2, 0.25) is 0 Å². The van der Waals surface area contributed by atoms with Gasteiger partial charge in [0.05, 0.1) is 12.4 Å². The van der Waals surface area contributed by atoms with Crippen LogP contribution < -0.4 is 4.74 Å². The second kappa shape index (κ2) is 6.05. The SMILES string of the molecule is CCC(C(=O)O)S(=O)Cc1cc(Br)cc2c1OCC2. The van der Waals surface area contributed by atoms with E-state index in [0.29, 0.717) is 13.0 Å². The maximum atomic E-state index is 12.2. The Morgan fingerprint density at radius 3 is 2.95 bits per heavy atom. The Hall–Kier alpha value is -0.880. The van der Waals surface area contributed by atoms with E-state index in [1.54, 1.807) is 6.92 Å². The van der Waals surface area contributed by atoms with Gasteiger partial charge in [-0.2, -0.15) is 0 Å². The first kappa shape index (κ1) is 14.5. The molecule has 0 saturated heterocycles. The van der Waals surface area contributed by atoms with Crippen molar-refractivity contribution in [3.8, 4) is 5.75 Å². The molecular weight excluding hydrogens is 332 g/mol. The first-order valence-electron chi connectivity index (χ1n) is 6.07. The lowest BCUT2D eigenvalue weighted by Crippen LogP contribution is -2.25. The van der Waals surface area contributed by atoms with Crippen LogP contribution in [-0.4, -0.2) is 27.1 Å². The van der Waals surface area contributed by atoms with E-state index >= 15 is 0 Å². The van der Waals surface area contributed by atoms with Crippen LogP contribution in [0.1, 0.15) is 24.5 Å². The molecule has 1 N–H and O–H groups in total. The van der Waals surface area contributed by atoms with Gasteiger partial charge < -0.3 is 9.84 Å². The number of ether oxygens (including phenoxy) is 1. The van der Waals surface area contributed by atoms with E-state index in [9.17, 15) is 9.00 Å². The van der Waals surface area contributed by atoms with Gasteiger partial charge in [-0.05, 0) is 24.1 Å². The summed E-state index contributed by atoms with van der Waals surface area (Å²) in [5.41, 5.74) is 1.91.